The van der Waals surface area contributed by atoms with E-state index in [1.54, 1.807) is 18.3 Å². The Bertz CT molecular complexity index is 338. The molecule has 1 aromatic heterocycles. The normalized spacial score (nSPS) is 11.1. The molecule has 1 rings (SSSR count). The SMILES string of the molecule is O=S(=O)(CCl)Nc1cccnc1. The molecule has 0 amide bonds. The van der Waals surface area contributed by atoms with Crippen molar-refractivity contribution in [2.24, 2.45) is 0 Å². The lowest BCUT2D eigenvalue weighted by Gasteiger charge is -2.02. The van der Waals surface area contributed by atoms with Gasteiger partial charge in [-0.15, -0.1) is 11.6 Å². The summed E-state index contributed by atoms with van der Waals surface area (Å²) in [6.45, 7) is 0. The van der Waals surface area contributed by atoms with Gasteiger partial charge < -0.3 is 0 Å². The van der Waals surface area contributed by atoms with Crippen LogP contribution in [0.1, 0.15) is 0 Å². The molecular weight excluding hydrogens is 200 g/mol. The highest BCUT2D eigenvalue weighted by Gasteiger charge is 2.06. The highest BCUT2D eigenvalue weighted by molar-refractivity contribution is 7.93. The molecule has 1 N–H and O–H groups in total. The van der Waals surface area contributed by atoms with Gasteiger partial charge in [-0.1, -0.05) is 0 Å². The molecule has 0 aliphatic rings. The van der Waals surface area contributed by atoms with Crippen molar-refractivity contribution in [3.63, 3.8) is 0 Å². The molecule has 0 aliphatic heterocycles. The van der Waals surface area contributed by atoms with E-state index in [9.17, 15) is 8.42 Å². The van der Waals surface area contributed by atoms with Gasteiger partial charge >= 0.3 is 0 Å². The molecule has 0 aliphatic carbocycles. The van der Waals surface area contributed by atoms with Crippen LogP contribution >= 0.6 is 11.6 Å². The summed E-state index contributed by atoms with van der Waals surface area (Å²) in [6.07, 6.45) is 2.96. The van der Waals surface area contributed by atoms with Gasteiger partial charge in [0.2, 0.25) is 10.0 Å². The fraction of sp³-hybridized carbons (Fsp3) is 0.167. The molecule has 6 heteroatoms. The molecule has 0 fully saturated rings. The predicted molar refractivity (Wildman–Crippen MR) is 47.5 cm³/mol. The van der Waals surface area contributed by atoms with Crippen molar-refractivity contribution in [3.05, 3.63) is 24.5 Å². The summed E-state index contributed by atoms with van der Waals surface area (Å²) < 4.78 is 24.0. The van der Waals surface area contributed by atoms with E-state index < -0.39 is 15.2 Å². The number of sulfonamides is 1. The Morgan fingerprint density at radius 1 is 1.58 bits per heavy atom. The Labute approximate surface area is 75.6 Å². The minimum atomic E-state index is -3.40. The van der Waals surface area contributed by atoms with Crippen molar-refractivity contribution in [2.75, 3.05) is 9.93 Å². The number of pyridine rings is 1. The lowest BCUT2D eigenvalue weighted by Crippen LogP contribution is -2.13. The van der Waals surface area contributed by atoms with Crippen LogP contribution in [0.25, 0.3) is 0 Å². The molecule has 0 atom stereocenters. The van der Waals surface area contributed by atoms with Gasteiger partial charge in [0.25, 0.3) is 0 Å². The van der Waals surface area contributed by atoms with Crippen molar-refractivity contribution in [1.29, 1.82) is 0 Å². The average Bonchev–Trinajstić information content (AvgIpc) is 2.06. The summed E-state index contributed by atoms with van der Waals surface area (Å²) in [7, 11) is -3.40. The fourth-order valence-corrected chi connectivity index (χ4v) is 1.33. The Morgan fingerprint density at radius 3 is 2.83 bits per heavy atom. The zero-order valence-electron chi connectivity index (χ0n) is 6.07. The first kappa shape index (κ1) is 9.28. The molecule has 66 valence electrons. The van der Waals surface area contributed by atoms with E-state index in [0.717, 1.165) is 0 Å². The minimum absolute atomic E-state index is 0.415. The van der Waals surface area contributed by atoms with Crippen LogP contribution in [-0.4, -0.2) is 18.6 Å². The van der Waals surface area contributed by atoms with Gasteiger partial charge in [0.15, 0.2) is 0 Å². The molecule has 0 unspecified atom stereocenters. The zero-order valence-corrected chi connectivity index (χ0v) is 7.64. The second kappa shape index (κ2) is 3.73. The quantitative estimate of drug-likeness (QED) is 0.752. The van der Waals surface area contributed by atoms with E-state index in [2.05, 4.69) is 9.71 Å². The molecule has 0 aromatic carbocycles. The Kier molecular flexibility index (Phi) is 2.88. The summed E-state index contributed by atoms with van der Waals surface area (Å²) >= 11 is 5.17. The van der Waals surface area contributed by atoms with Crippen LogP contribution < -0.4 is 4.72 Å². The average molecular weight is 207 g/mol. The third-order valence-corrected chi connectivity index (χ3v) is 2.77. The van der Waals surface area contributed by atoms with E-state index in [-0.39, 0.29) is 0 Å². The lowest BCUT2D eigenvalue weighted by atomic mass is 10.4. The van der Waals surface area contributed by atoms with Gasteiger partial charge in [-0.3, -0.25) is 9.71 Å². The van der Waals surface area contributed by atoms with Crippen LogP contribution in [0.15, 0.2) is 24.5 Å². The lowest BCUT2D eigenvalue weighted by molar-refractivity contribution is 0.605. The van der Waals surface area contributed by atoms with E-state index >= 15 is 0 Å². The van der Waals surface area contributed by atoms with Crippen LogP contribution in [0.3, 0.4) is 0 Å². The number of nitrogens with one attached hydrogen (secondary N) is 1. The fourth-order valence-electron chi connectivity index (χ4n) is 0.630. The van der Waals surface area contributed by atoms with E-state index in [1.807, 2.05) is 0 Å². The molecule has 0 spiro atoms. The predicted octanol–water partition coefficient (Wildman–Crippen LogP) is 1.02. The Balaban J connectivity index is 2.78. The molecule has 0 radical (unpaired) electrons. The number of hydrogen-bond donors (Lipinski definition) is 1. The van der Waals surface area contributed by atoms with Gasteiger partial charge in [0.1, 0.15) is 5.21 Å². The largest absolute Gasteiger partial charge is 0.281 e. The number of anilines is 1. The van der Waals surface area contributed by atoms with Gasteiger partial charge in [-0.25, -0.2) is 8.42 Å². The maximum absolute atomic E-state index is 10.9. The molecule has 12 heavy (non-hydrogen) atoms. The van der Waals surface area contributed by atoms with Crippen molar-refractivity contribution in [1.82, 2.24) is 4.98 Å². The maximum Gasteiger partial charge on any atom is 0.246 e. The van der Waals surface area contributed by atoms with Gasteiger partial charge in [-0.05, 0) is 12.1 Å². The Morgan fingerprint density at radius 2 is 2.33 bits per heavy atom. The highest BCUT2D eigenvalue weighted by Crippen LogP contribution is 2.06. The molecular formula is C6H7ClN2O2S. The molecule has 0 bridgehead atoms. The summed E-state index contributed by atoms with van der Waals surface area (Å²) in [4.78, 5) is 3.73. The zero-order chi connectivity index (χ0) is 9.03. The van der Waals surface area contributed by atoms with Gasteiger partial charge in [0.05, 0.1) is 11.9 Å². The maximum atomic E-state index is 10.9. The summed E-state index contributed by atoms with van der Waals surface area (Å²) in [6, 6.07) is 3.23. The van der Waals surface area contributed by atoms with Crippen LogP contribution in [-0.2, 0) is 10.0 Å². The second-order valence-electron chi connectivity index (χ2n) is 2.07. The first-order chi connectivity index (χ1) is 5.64. The van der Waals surface area contributed by atoms with Crippen molar-refractivity contribution in [2.45, 2.75) is 0 Å². The molecule has 0 saturated carbocycles. The monoisotopic (exact) mass is 206 g/mol. The van der Waals surface area contributed by atoms with Crippen LogP contribution in [0.2, 0.25) is 0 Å². The third kappa shape index (κ3) is 2.67. The smallest absolute Gasteiger partial charge is 0.246 e. The van der Waals surface area contributed by atoms with Crippen molar-refractivity contribution >= 4 is 27.3 Å². The Hall–Kier alpha value is -0.810. The molecule has 1 aromatic rings. The number of hydrogen-bond acceptors (Lipinski definition) is 3. The first-order valence-electron chi connectivity index (χ1n) is 3.10. The van der Waals surface area contributed by atoms with Crippen LogP contribution in [0.5, 0.6) is 0 Å². The van der Waals surface area contributed by atoms with Crippen molar-refractivity contribution < 1.29 is 8.42 Å². The third-order valence-electron chi connectivity index (χ3n) is 1.08. The molecule has 1 heterocycles. The van der Waals surface area contributed by atoms with E-state index in [0.29, 0.717) is 5.69 Å². The summed E-state index contributed by atoms with van der Waals surface area (Å²) in [5.74, 6) is 0. The van der Waals surface area contributed by atoms with Crippen molar-refractivity contribution in [3.8, 4) is 0 Å². The number of rotatable bonds is 3. The second-order valence-corrected chi connectivity index (χ2v) is 4.37. The number of aromatic nitrogens is 1. The number of nitrogens with zero attached hydrogens (tertiary/aromatic N) is 1. The van der Waals surface area contributed by atoms with Gasteiger partial charge in [0, 0.05) is 6.20 Å². The number of alkyl halides is 1. The highest BCUT2D eigenvalue weighted by atomic mass is 35.5. The van der Waals surface area contributed by atoms with E-state index in [4.69, 9.17) is 11.6 Å². The standard InChI is InChI=1S/C6H7ClN2O2S/c7-5-12(10,11)9-6-2-1-3-8-4-6/h1-4,9H,5H2. The number of halogens is 1. The summed E-state index contributed by atoms with van der Waals surface area (Å²) in [5.41, 5.74) is 0.415. The molecule has 4 nitrogen and oxygen atoms in total. The topological polar surface area (TPSA) is 59.1 Å². The summed E-state index contributed by atoms with van der Waals surface area (Å²) in [5, 5.41) is -0.456. The van der Waals surface area contributed by atoms with Crippen LogP contribution in [0.4, 0.5) is 5.69 Å². The molecule has 0 saturated heterocycles. The van der Waals surface area contributed by atoms with Crippen LogP contribution in [0, 0.1) is 0 Å². The van der Waals surface area contributed by atoms with Gasteiger partial charge in [-0.2, -0.15) is 0 Å². The first-order valence-corrected chi connectivity index (χ1v) is 5.29. The minimum Gasteiger partial charge on any atom is -0.281 e. The van der Waals surface area contributed by atoms with E-state index in [1.165, 1.54) is 6.20 Å².